The quantitative estimate of drug-likeness (QED) is 0.375. The van der Waals surface area contributed by atoms with E-state index in [1.54, 1.807) is 6.92 Å². The summed E-state index contributed by atoms with van der Waals surface area (Å²) in [7, 11) is 4.48. The third kappa shape index (κ3) is 2.61. The number of carbonyl (C=O) groups is 1. The lowest BCUT2D eigenvalue weighted by atomic mass is 10.0. The summed E-state index contributed by atoms with van der Waals surface area (Å²) in [4.78, 5) is 10.0. The van der Waals surface area contributed by atoms with E-state index in [0.29, 0.717) is 0 Å². The van der Waals surface area contributed by atoms with E-state index in [4.69, 9.17) is 0 Å². The molecule has 1 unspecified atom stereocenters. The highest BCUT2D eigenvalue weighted by atomic mass is 19.1. The van der Waals surface area contributed by atoms with Gasteiger partial charge in [0.25, 0.3) is 0 Å². The fourth-order valence-electron chi connectivity index (χ4n) is 0.222. The minimum Gasteiger partial charge on any atom is -0.464 e. The highest BCUT2D eigenvalue weighted by Crippen LogP contribution is 1.86. The molecule has 4 heteroatoms. The molecule has 0 N–H and O–H groups in total. The van der Waals surface area contributed by atoms with Crippen molar-refractivity contribution in [3.8, 4) is 0 Å². The van der Waals surface area contributed by atoms with Gasteiger partial charge in [0, 0.05) is 0 Å². The van der Waals surface area contributed by atoms with Crippen molar-refractivity contribution in [2.75, 3.05) is 6.61 Å². The first kappa shape index (κ1) is 7.46. The fourth-order valence-corrected chi connectivity index (χ4v) is 0.222. The van der Waals surface area contributed by atoms with E-state index in [9.17, 15) is 9.18 Å². The Hall–Kier alpha value is -0.535. The maximum Gasteiger partial charge on any atom is 0.330 e. The molecule has 2 radical (unpaired) electrons. The zero-order valence-electron chi connectivity index (χ0n) is 4.56. The Morgan fingerprint density at radius 2 is 2.50 bits per heavy atom. The molecule has 0 aliphatic rings. The Morgan fingerprint density at radius 1 is 2.00 bits per heavy atom. The topological polar surface area (TPSA) is 26.3 Å². The lowest BCUT2D eigenvalue weighted by molar-refractivity contribution is -0.145. The predicted molar refractivity (Wildman–Crippen MR) is 27.3 cm³/mol. The first-order chi connectivity index (χ1) is 3.68. The third-order valence-corrected chi connectivity index (χ3v) is 0.512. The third-order valence-electron chi connectivity index (χ3n) is 0.512. The normalized spacial score (nSPS) is 12.8. The first-order valence-electron chi connectivity index (χ1n) is 2.24. The molecule has 0 aliphatic heterocycles. The highest BCUT2D eigenvalue weighted by Gasteiger charge is 2.09. The molecule has 0 rings (SSSR count). The number of ether oxygens (including phenoxy) is 1. The molecule has 0 aromatic carbocycles. The summed E-state index contributed by atoms with van der Waals surface area (Å²) in [5, 5.41) is 0. The Kier molecular flexibility index (Phi) is 3.23. The number of hydrogen-bond acceptors (Lipinski definition) is 2. The number of esters is 1. The van der Waals surface area contributed by atoms with Crippen LogP contribution in [-0.2, 0) is 9.53 Å². The van der Waals surface area contributed by atoms with Crippen molar-refractivity contribution in [3.05, 3.63) is 0 Å². The number of hydrogen-bond donors (Lipinski definition) is 0. The zero-order chi connectivity index (χ0) is 6.57. The van der Waals surface area contributed by atoms with Crippen molar-refractivity contribution < 1.29 is 13.9 Å². The van der Waals surface area contributed by atoms with Crippen LogP contribution >= 0.6 is 0 Å². The molecule has 0 heterocycles. The molecule has 0 aromatic rings. The molecule has 0 aliphatic carbocycles. The second-order valence-corrected chi connectivity index (χ2v) is 1.15. The summed E-state index contributed by atoms with van der Waals surface area (Å²) in [6.07, 6.45) is -1.99. The summed E-state index contributed by atoms with van der Waals surface area (Å²) in [6.45, 7) is 1.75. The molecule has 8 heavy (non-hydrogen) atoms. The summed E-state index contributed by atoms with van der Waals surface area (Å²) in [5.74, 6) is -1.01. The van der Waals surface area contributed by atoms with Crippen LogP contribution in [0.2, 0.25) is 0 Å². The second kappa shape index (κ2) is 3.46. The van der Waals surface area contributed by atoms with Gasteiger partial charge in [0.05, 0.1) is 6.61 Å². The Morgan fingerprint density at radius 3 is 2.62 bits per heavy atom. The van der Waals surface area contributed by atoms with Crippen molar-refractivity contribution in [1.82, 2.24) is 0 Å². The van der Waals surface area contributed by atoms with Crippen LogP contribution in [0.4, 0.5) is 4.39 Å². The van der Waals surface area contributed by atoms with Gasteiger partial charge in [0.2, 0.25) is 0 Å². The van der Waals surface area contributed by atoms with Gasteiger partial charge in [0.1, 0.15) is 7.85 Å². The fraction of sp³-hybridized carbons (Fsp3) is 0.750. The average Bonchev–Trinajstić information content (AvgIpc) is 1.67. The summed E-state index contributed by atoms with van der Waals surface area (Å²) < 4.78 is 15.7. The molecule has 2 nitrogen and oxygen atoms in total. The van der Waals surface area contributed by atoms with E-state index in [1.165, 1.54) is 0 Å². The summed E-state index contributed by atoms with van der Waals surface area (Å²) in [5.41, 5.74) is 0. The van der Waals surface area contributed by atoms with Gasteiger partial charge in [-0.25, -0.2) is 9.18 Å². The summed E-state index contributed by atoms with van der Waals surface area (Å²) >= 11 is 0. The largest absolute Gasteiger partial charge is 0.464 e. The zero-order valence-corrected chi connectivity index (χ0v) is 4.56. The summed E-state index contributed by atoms with van der Waals surface area (Å²) in [6, 6.07) is 0. The van der Waals surface area contributed by atoms with Gasteiger partial charge in [-0.1, -0.05) is 0 Å². The van der Waals surface area contributed by atoms with Crippen LogP contribution in [0, 0.1) is 0 Å². The second-order valence-electron chi connectivity index (χ2n) is 1.15. The van der Waals surface area contributed by atoms with Crippen LogP contribution in [0.5, 0.6) is 0 Å². The molecule has 0 spiro atoms. The van der Waals surface area contributed by atoms with Gasteiger partial charge in [-0.15, -0.1) is 0 Å². The van der Waals surface area contributed by atoms with E-state index in [1.807, 2.05) is 0 Å². The molecule has 0 amide bonds. The SMILES string of the molecule is [B]C(F)C(=O)OCC. The van der Waals surface area contributed by atoms with Gasteiger partial charge >= 0.3 is 5.97 Å². The van der Waals surface area contributed by atoms with Gasteiger partial charge in [-0.2, -0.15) is 0 Å². The molecule has 0 saturated heterocycles. The number of rotatable bonds is 2. The maximum atomic E-state index is 11.6. The molecular weight excluding hydrogens is 110 g/mol. The lowest BCUT2D eigenvalue weighted by Gasteiger charge is -1.99. The van der Waals surface area contributed by atoms with Gasteiger partial charge in [-0.05, 0) is 6.92 Å². The molecule has 44 valence electrons. The molecule has 0 aromatic heterocycles. The van der Waals surface area contributed by atoms with E-state index >= 15 is 0 Å². The van der Waals surface area contributed by atoms with Crippen molar-refractivity contribution in [1.29, 1.82) is 0 Å². The van der Waals surface area contributed by atoms with Gasteiger partial charge in [0.15, 0.2) is 6.07 Å². The van der Waals surface area contributed by atoms with E-state index in [-0.39, 0.29) is 6.61 Å². The number of carbonyl (C=O) groups excluding carboxylic acids is 1. The lowest BCUT2D eigenvalue weighted by Crippen LogP contribution is -2.18. The van der Waals surface area contributed by atoms with Crippen molar-refractivity contribution in [2.24, 2.45) is 0 Å². The first-order valence-corrected chi connectivity index (χ1v) is 2.24. The van der Waals surface area contributed by atoms with Crippen molar-refractivity contribution >= 4 is 13.8 Å². The van der Waals surface area contributed by atoms with Gasteiger partial charge in [-0.3, -0.25) is 0 Å². The molecular formula is C4H6BFO2. The van der Waals surface area contributed by atoms with Crippen LogP contribution in [-0.4, -0.2) is 26.5 Å². The van der Waals surface area contributed by atoms with Crippen molar-refractivity contribution in [3.63, 3.8) is 0 Å². The Labute approximate surface area is 48.4 Å². The van der Waals surface area contributed by atoms with Crippen LogP contribution in [0.3, 0.4) is 0 Å². The Balaban J connectivity index is 3.33. The maximum absolute atomic E-state index is 11.6. The smallest absolute Gasteiger partial charge is 0.330 e. The van der Waals surface area contributed by atoms with Crippen LogP contribution in [0.15, 0.2) is 0 Å². The Bertz CT molecular complexity index is 84.1. The van der Waals surface area contributed by atoms with E-state index in [0.717, 1.165) is 0 Å². The minimum absolute atomic E-state index is 0.163. The molecule has 0 fully saturated rings. The monoisotopic (exact) mass is 116 g/mol. The average molecular weight is 116 g/mol. The number of alkyl halides is 1. The van der Waals surface area contributed by atoms with E-state index < -0.39 is 12.0 Å². The predicted octanol–water partition coefficient (Wildman–Crippen LogP) is 0.0136. The highest BCUT2D eigenvalue weighted by molar-refractivity contribution is 6.21. The van der Waals surface area contributed by atoms with Crippen LogP contribution in [0.25, 0.3) is 0 Å². The number of halogens is 1. The van der Waals surface area contributed by atoms with Crippen LogP contribution < -0.4 is 0 Å². The van der Waals surface area contributed by atoms with E-state index in [2.05, 4.69) is 12.6 Å². The molecule has 0 saturated carbocycles. The standard InChI is InChI=1S/C4H6BFO2/c1-2-8-4(7)3(5)6/h3H,2H2,1H3. The molecule has 1 atom stereocenters. The van der Waals surface area contributed by atoms with Crippen molar-refractivity contribution in [2.45, 2.75) is 13.0 Å². The van der Waals surface area contributed by atoms with Gasteiger partial charge < -0.3 is 4.74 Å². The van der Waals surface area contributed by atoms with Crippen LogP contribution in [0.1, 0.15) is 6.92 Å². The minimum atomic E-state index is -1.99. The molecule has 0 bridgehead atoms.